The molecule has 1 atom stereocenters. The van der Waals surface area contributed by atoms with E-state index in [-0.39, 0.29) is 24.0 Å². The smallest absolute Gasteiger partial charge is 0.328 e. The van der Waals surface area contributed by atoms with Crippen LogP contribution < -0.4 is 0 Å². The molecule has 1 heterocycles. The molecule has 2 aliphatic carbocycles. The van der Waals surface area contributed by atoms with E-state index in [0.29, 0.717) is 12.8 Å². The van der Waals surface area contributed by atoms with Gasteiger partial charge < -0.3 is 9.64 Å². The normalized spacial score (nSPS) is 37.5. The minimum atomic E-state index is -0.330. The van der Waals surface area contributed by atoms with Gasteiger partial charge in [0.05, 0.1) is 7.11 Å². The number of amides is 1. The Kier molecular flexibility index (Phi) is 5.83. The summed E-state index contributed by atoms with van der Waals surface area (Å²) in [6.07, 6.45) is 12.7. The Hall–Kier alpha value is -1.06. The molecule has 3 rings (SSSR count). The second kappa shape index (κ2) is 7.88. The van der Waals surface area contributed by atoms with Crippen LogP contribution in [0.2, 0.25) is 0 Å². The van der Waals surface area contributed by atoms with E-state index >= 15 is 0 Å². The molecular formula is C20H33NO3. The van der Waals surface area contributed by atoms with Crippen molar-refractivity contribution in [3.05, 3.63) is 0 Å². The van der Waals surface area contributed by atoms with Crippen molar-refractivity contribution < 1.29 is 14.3 Å². The molecule has 1 unspecified atom stereocenters. The fraction of sp³-hybridized carbons (Fsp3) is 0.900. The summed E-state index contributed by atoms with van der Waals surface area (Å²) in [7, 11) is 1.42. The topological polar surface area (TPSA) is 46.6 Å². The average Bonchev–Trinajstić information content (AvgIpc) is 3.03. The molecule has 24 heavy (non-hydrogen) atoms. The van der Waals surface area contributed by atoms with Gasteiger partial charge in [-0.15, -0.1) is 0 Å². The molecule has 1 aliphatic heterocycles. The van der Waals surface area contributed by atoms with Crippen molar-refractivity contribution in [1.29, 1.82) is 0 Å². The monoisotopic (exact) mass is 335 g/mol. The van der Waals surface area contributed by atoms with Gasteiger partial charge in [0.1, 0.15) is 6.04 Å². The van der Waals surface area contributed by atoms with Crippen molar-refractivity contribution in [2.75, 3.05) is 7.11 Å². The van der Waals surface area contributed by atoms with Crippen LogP contribution in [0.25, 0.3) is 0 Å². The molecule has 4 nitrogen and oxygen atoms in total. The number of carbonyl (C=O) groups excluding carboxylic acids is 2. The SMILES string of the molecule is CCC1CCC(C2CCC(N3C(=O)CCC3C(=O)OC)CC2)CC1. The van der Waals surface area contributed by atoms with Crippen LogP contribution in [0.3, 0.4) is 0 Å². The van der Waals surface area contributed by atoms with Crippen molar-refractivity contribution >= 4 is 11.9 Å². The molecule has 2 saturated carbocycles. The van der Waals surface area contributed by atoms with E-state index in [9.17, 15) is 9.59 Å². The highest BCUT2D eigenvalue weighted by Gasteiger charge is 2.42. The molecule has 0 N–H and O–H groups in total. The molecule has 4 heteroatoms. The van der Waals surface area contributed by atoms with Gasteiger partial charge in [0, 0.05) is 12.5 Å². The highest BCUT2D eigenvalue weighted by atomic mass is 16.5. The standard InChI is InChI=1S/C20H33NO3/c1-3-14-4-6-15(7-5-14)16-8-10-17(11-9-16)21-18(20(23)24-2)12-13-19(21)22/h14-18H,3-13H2,1-2H3. The lowest BCUT2D eigenvalue weighted by atomic mass is 9.70. The first-order valence-electron chi connectivity index (χ1n) is 10.0. The van der Waals surface area contributed by atoms with Gasteiger partial charge in [-0.3, -0.25) is 4.79 Å². The van der Waals surface area contributed by atoms with Crippen LogP contribution in [-0.4, -0.2) is 36.0 Å². The van der Waals surface area contributed by atoms with Crippen molar-refractivity contribution in [2.24, 2.45) is 17.8 Å². The van der Waals surface area contributed by atoms with E-state index in [1.165, 1.54) is 52.1 Å². The van der Waals surface area contributed by atoms with Gasteiger partial charge in [0.25, 0.3) is 0 Å². The van der Waals surface area contributed by atoms with Crippen LogP contribution >= 0.6 is 0 Å². The van der Waals surface area contributed by atoms with Crippen LogP contribution in [0.5, 0.6) is 0 Å². The van der Waals surface area contributed by atoms with Gasteiger partial charge in [-0.25, -0.2) is 4.79 Å². The first-order chi connectivity index (χ1) is 11.6. The Morgan fingerprint density at radius 3 is 2.12 bits per heavy atom. The van der Waals surface area contributed by atoms with E-state index in [1.807, 2.05) is 4.90 Å². The Balaban J connectivity index is 1.53. The second-order valence-electron chi connectivity index (χ2n) is 8.14. The third-order valence-corrected chi connectivity index (χ3v) is 7.00. The molecule has 0 aromatic heterocycles. The maximum absolute atomic E-state index is 12.3. The number of hydrogen-bond donors (Lipinski definition) is 0. The lowest BCUT2D eigenvalue weighted by Crippen LogP contribution is -2.47. The lowest BCUT2D eigenvalue weighted by Gasteiger charge is -2.41. The molecule has 1 saturated heterocycles. The predicted molar refractivity (Wildman–Crippen MR) is 93.4 cm³/mol. The number of carbonyl (C=O) groups is 2. The highest BCUT2D eigenvalue weighted by Crippen LogP contribution is 2.42. The fourth-order valence-corrected chi connectivity index (χ4v) is 5.45. The summed E-state index contributed by atoms with van der Waals surface area (Å²) in [6, 6.07) is -0.0728. The summed E-state index contributed by atoms with van der Waals surface area (Å²) in [5.41, 5.74) is 0. The van der Waals surface area contributed by atoms with Gasteiger partial charge in [-0.1, -0.05) is 26.2 Å². The van der Waals surface area contributed by atoms with Gasteiger partial charge >= 0.3 is 5.97 Å². The van der Waals surface area contributed by atoms with Crippen molar-refractivity contribution in [3.8, 4) is 0 Å². The number of hydrogen-bond acceptors (Lipinski definition) is 3. The molecule has 3 fully saturated rings. The number of rotatable bonds is 4. The first-order valence-corrected chi connectivity index (χ1v) is 10.0. The number of methoxy groups -OCH3 is 1. The van der Waals surface area contributed by atoms with Crippen LogP contribution in [0.4, 0.5) is 0 Å². The minimum absolute atomic E-state index is 0.150. The van der Waals surface area contributed by atoms with E-state index in [2.05, 4.69) is 6.92 Å². The summed E-state index contributed by atoms with van der Waals surface area (Å²) in [5, 5.41) is 0. The minimum Gasteiger partial charge on any atom is -0.467 e. The molecule has 0 radical (unpaired) electrons. The maximum atomic E-state index is 12.3. The highest BCUT2D eigenvalue weighted by molar-refractivity contribution is 5.88. The molecule has 3 aliphatic rings. The molecular weight excluding hydrogens is 302 g/mol. The zero-order valence-corrected chi connectivity index (χ0v) is 15.3. The molecule has 0 aromatic rings. The maximum Gasteiger partial charge on any atom is 0.328 e. The Labute approximate surface area is 146 Å². The van der Waals surface area contributed by atoms with Gasteiger partial charge in [0.2, 0.25) is 5.91 Å². The lowest BCUT2D eigenvalue weighted by molar-refractivity contribution is -0.151. The van der Waals surface area contributed by atoms with Crippen molar-refractivity contribution in [3.63, 3.8) is 0 Å². The third-order valence-electron chi connectivity index (χ3n) is 7.00. The number of likely N-dealkylation sites (tertiary alicyclic amines) is 1. The van der Waals surface area contributed by atoms with Crippen molar-refractivity contribution in [1.82, 2.24) is 4.90 Å². The molecule has 0 bridgehead atoms. The summed E-state index contributed by atoms with van der Waals surface area (Å²) in [4.78, 5) is 26.1. The van der Waals surface area contributed by atoms with E-state index in [4.69, 9.17) is 4.74 Å². The number of esters is 1. The number of ether oxygens (including phenoxy) is 1. The molecule has 0 aromatic carbocycles. The Morgan fingerprint density at radius 1 is 1.00 bits per heavy atom. The quantitative estimate of drug-likeness (QED) is 0.731. The largest absolute Gasteiger partial charge is 0.467 e. The van der Waals surface area contributed by atoms with Crippen LogP contribution in [-0.2, 0) is 14.3 Å². The molecule has 136 valence electrons. The van der Waals surface area contributed by atoms with Gasteiger partial charge in [0.15, 0.2) is 0 Å². The summed E-state index contributed by atoms with van der Waals surface area (Å²) in [6.45, 7) is 2.32. The van der Waals surface area contributed by atoms with Crippen LogP contribution in [0.1, 0.15) is 77.6 Å². The Bertz CT molecular complexity index is 448. The van der Waals surface area contributed by atoms with Crippen LogP contribution in [0.15, 0.2) is 0 Å². The van der Waals surface area contributed by atoms with Gasteiger partial charge in [-0.2, -0.15) is 0 Å². The molecule has 1 amide bonds. The van der Waals surface area contributed by atoms with Crippen molar-refractivity contribution in [2.45, 2.75) is 89.6 Å². The Morgan fingerprint density at radius 2 is 1.58 bits per heavy atom. The predicted octanol–water partition coefficient (Wildman–Crippen LogP) is 3.93. The second-order valence-corrected chi connectivity index (χ2v) is 8.14. The molecule has 0 spiro atoms. The first kappa shape index (κ1) is 17.8. The van der Waals surface area contributed by atoms with E-state index in [0.717, 1.165) is 30.6 Å². The summed E-state index contributed by atoms with van der Waals surface area (Å²) in [5.74, 6) is 2.62. The van der Waals surface area contributed by atoms with Gasteiger partial charge in [-0.05, 0) is 62.7 Å². The number of nitrogens with zero attached hydrogens (tertiary/aromatic N) is 1. The van der Waals surface area contributed by atoms with E-state index in [1.54, 1.807) is 0 Å². The zero-order chi connectivity index (χ0) is 17.1. The fourth-order valence-electron chi connectivity index (χ4n) is 5.45. The average molecular weight is 335 g/mol. The summed E-state index contributed by atoms with van der Waals surface area (Å²) < 4.78 is 4.91. The summed E-state index contributed by atoms with van der Waals surface area (Å²) >= 11 is 0. The van der Waals surface area contributed by atoms with E-state index < -0.39 is 0 Å². The zero-order valence-electron chi connectivity index (χ0n) is 15.3. The third kappa shape index (κ3) is 3.62. The van der Waals surface area contributed by atoms with Crippen LogP contribution in [0, 0.1) is 17.8 Å².